The van der Waals surface area contributed by atoms with E-state index in [-0.39, 0.29) is 13.0 Å². The molecule has 0 atom stereocenters. The van der Waals surface area contributed by atoms with Gasteiger partial charge in [0.25, 0.3) is 0 Å². The van der Waals surface area contributed by atoms with Crippen LogP contribution >= 0.6 is 0 Å². The van der Waals surface area contributed by atoms with Crippen LogP contribution in [-0.4, -0.2) is 45.6 Å². The Kier molecular flexibility index (Phi) is 18.9. The Morgan fingerprint density at radius 3 is 1.25 bits per heavy atom. The highest BCUT2D eigenvalue weighted by Crippen LogP contribution is 2.08. The first kappa shape index (κ1) is 21.2. The Morgan fingerprint density at radius 2 is 0.900 bits per heavy atom. The maximum Gasteiger partial charge on any atom is 0.303 e. The molecule has 0 heterocycles. The van der Waals surface area contributed by atoms with Crippen molar-refractivity contribution in [2.45, 2.75) is 64.2 Å². The Labute approximate surface area is 120 Å². The third-order valence-electron chi connectivity index (χ3n) is 2.60. The lowest BCUT2D eigenvalue weighted by Gasteiger charge is -1.99. The van der Waals surface area contributed by atoms with Crippen LogP contribution in [0.2, 0.25) is 0 Å². The molecule has 0 radical (unpaired) electrons. The SMILES string of the molecule is O=C(O)CCCCCCCCCO.O=C(O)CCCO. The maximum absolute atomic E-state index is 10.1. The zero-order chi connectivity index (χ0) is 15.6. The van der Waals surface area contributed by atoms with Gasteiger partial charge in [0.2, 0.25) is 0 Å². The number of aliphatic carboxylic acids is 2. The van der Waals surface area contributed by atoms with Gasteiger partial charge in [-0.05, 0) is 19.3 Å². The second-order valence-corrected chi connectivity index (χ2v) is 4.56. The molecule has 20 heavy (non-hydrogen) atoms. The van der Waals surface area contributed by atoms with Crippen molar-refractivity contribution >= 4 is 11.9 Å². The summed E-state index contributed by atoms with van der Waals surface area (Å²) in [7, 11) is 0. The van der Waals surface area contributed by atoms with Gasteiger partial charge in [0, 0.05) is 26.1 Å². The normalized spacial score (nSPS) is 9.70. The molecule has 0 aromatic rings. The fraction of sp³-hybridized carbons (Fsp3) is 0.857. The van der Waals surface area contributed by atoms with E-state index in [9.17, 15) is 9.59 Å². The van der Waals surface area contributed by atoms with Crippen LogP contribution in [0.1, 0.15) is 64.2 Å². The number of rotatable bonds is 12. The molecule has 0 saturated heterocycles. The number of aliphatic hydroxyl groups is 2. The molecule has 4 N–H and O–H groups in total. The van der Waals surface area contributed by atoms with Crippen LogP contribution in [0.5, 0.6) is 0 Å². The number of hydrogen-bond donors (Lipinski definition) is 4. The van der Waals surface area contributed by atoms with Crippen molar-refractivity contribution in [3.8, 4) is 0 Å². The topological polar surface area (TPSA) is 115 Å². The fourth-order valence-electron chi connectivity index (χ4n) is 1.50. The number of aliphatic hydroxyl groups excluding tert-OH is 2. The van der Waals surface area contributed by atoms with Gasteiger partial charge in [-0.15, -0.1) is 0 Å². The van der Waals surface area contributed by atoms with E-state index in [1.165, 1.54) is 6.42 Å². The molecule has 6 nitrogen and oxygen atoms in total. The van der Waals surface area contributed by atoms with Gasteiger partial charge in [0.1, 0.15) is 0 Å². The van der Waals surface area contributed by atoms with Gasteiger partial charge < -0.3 is 20.4 Å². The smallest absolute Gasteiger partial charge is 0.303 e. The Bertz CT molecular complexity index is 230. The average molecular weight is 292 g/mol. The number of hydrogen-bond acceptors (Lipinski definition) is 4. The molecule has 0 rings (SSSR count). The lowest BCUT2D eigenvalue weighted by Crippen LogP contribution is -1.95. The van der Waals surface area contributed by atoms with E-state index in [0.29, 0.717) is 19.4 Å². The van der Waals surface area contributed by atoms with Crippen LogP contribution in [0.4, 0.5) is 0 Å². The summed E-state index contributed by atoms with van der Waals surface area (Å²) in [5.41, 5.74) is 0. The number of carboxylic acids is 2. The molecule has 0 aliphatic rings. The van der Waals surface area contributed by atoms with Crippen molar-refractivity contribution in [3.63, 3.8) is 0 Å². The first-order valence-electron chi connectivity index (χ1n) is 7.20. The second kappa shape index (κ2) is 17.9. The minimum absolute atomic E-state index is 0.0354. The van der Waals surface area contributed by atoms with E-state index in [4.69, 9.17) is 20.4 Å². The van der Waals surface area contributed by atoms with E-state index in [1.54, 1.807) is 0 Å². The van der Waals surface area contributed by atoms with E-state index in [0.717, 1.165) is 38.5 Å². The van der Waals surface area contributed by atoms with Crippen LogP contribution in [-0.2, 0) is 9.59 Å². The first-order valence-corrected chi connectivity index (χ1v) is 7.20. The summed E-state index contributed by atoms with van der Waals surface area (Å²) in [4.78, 5) is 19.8. The third kappa shape index (κ3) is 25.6. The zero-order valence-corrected chi connectivity index (χ0v) is 12.1. The van der Waals surface area contributed by atoms with E-state index in [2.05, 4.69) is 0 Å². The van der Waals surface area contributed by atoms with Crippen molar-refractivity contribution < 1.29 is 30.0 Å². The van der Waals surface area contributed by atoms with Crippen molar-refractivity contribution in [1.82, 2.24) is 0 Å². The predicted octanol–water partition coefficient (Wildman–Crippen LogP) is 2.03. The minimum atomic E-state index is -0.853. The van der Waals surface area contributed by atoms with Gasteiger partial charge in [-0.25, -0.2) is 0 Å². The first-order chi connectivity index (χ1) is 9.54. The van der Waals surface area contributed by atoms with Gasteiger partial charge in [-0.3, -0.25) is 9.59 Å². The van der Waals surface area contributed by atoms with Crippen LogP contribution in [0, 0.1) is 0 Å². The number of carbonyl (C=O) groups is 2. The molecule has 0 aromatic carbocycles. The summed E-state index contributed by atoms with van der Waals surface area (Å²) in [5, 5.41) is 32.8. The molecular weight excluding hydrogens is 264 g/mol. The highest BCUT2D eigenvalue weighted by molar-refractivity contribution is 5.66. The van der Waals surface area contributed by atoms with E-state index in [1.807, 2.05) is 0 Å². The van der Waals surface area contributed by atoms with Crippen LogP contribution < -0.4 is 0 Å². The molecule has 6 heteroatoms. The lowest BCUT2D eigenvalue weighted by molar-refractivity contribution is -0.138. The molecule has 0 amide bonds. The summed E-state index contributed by atoms with van der Waals surface area (Å²) >= 11 is 0. The summed E-state index contributed by atoms with van der Waals surface area (Å²) < 4.78 is 0. The maximum atomic E-state index is 10.1. The van der Waals surface area contributed by atoms with Crippen molar-refractivity contribution in [3.05, 3.63) is 0 Å². The van der Waals surface area contributed by atoms with Gasteiger partial charge >= 0.3 is 11.9 Å². The standard InChI is InChI=1S/C10H20O3.C4H8O3/c11-9-7-5-3-1-2-4-6-8-10(12)13;5-3-1-2-4(6)7/h11H,1-9H2,(H,12,13);5H,1-3H2,(H,6,7). The molecular formula is C14H28O6. The molecule has 0 bridgehead atoms. The van der Waals surface area contributed by atoms with E-state index < -0.39 is 11.9 Å². The highest BCUT2D eigenvalue weighted by Gasteiger charge is 1.96. The third-order valence-corrected chi connectivity index (χ3v) is 2.60. The van der Waals surface area contributed by atoms with Gasteiger partial charge in [-0.2, -0.15) is 0 Å². The Morgan fingerprint density at radius 1 is 0.550 bits per heavy atom. The van der Waals surface area contributed by atoms with Crippen molar-refractivity contribution in [2.24, 2.45) is 0 Å². The van der Waals surface area contributed by atoms with Gasteiger partial charge in [0.05, 0.1) is 0 Å². The molecule has 120 valence electrons. The van der Waals surface area contributed by atoms with Crippen molar-refractivity contribution in [1.29, 1.82) is 0 Å². The highest BCUT2D eigenvalue weighted by atomic mass is 16.4. The van der Waals surface area contributed by atoms with Gasteiger partial charge in [-0.1, -0.05) is 32.1 Å². The molecule has 0 fully saturated rings. The molecule has 0 aliphatic carbocycles. The van der Waals surface area contributed by atoms with E-state index >= 15 is 0 Å². The average Bonchev–Trinajstić information content (AvgIpc) is 2.40. The van der Waals surface area contributed by atoms with Gasteiger partial charge in [0.15, 0.2) is 0 Å². The zero-order valence-electron chi connectivity index (χ0n) is 12.1. The summed E-state index contributed by atoms with van der Waals surface area (Å²) in [6.07, 6.45) is 7.99. The molecule has 0 unspecified atom stereocenters. The predicted molar refractivity (Wildman–Crippen MR) is 75.6 cm³/mol. The Balaban J connectivity index is 0. The lowest BCUT2D eigenvalue weighted by atomic mass is 10.1. The Hall–Kier alpha value is -1.14. The quantitative estimate of drug-likeness (QED) is 0.409. The van der Waals surface area contributed by atoms with Crippen LogP contribution in [0.25, 0.3) is 0 Å². The van der Waals surface area contributed by atoms with Crippen LogP contribution in [0.3, 0.4) is 0 Å². The van der Waals surface area contributed by atoms with Crippen LogP contribution in [0.15, 0.2) is 0 Å². The minimum Gasteiger partial charge on any atom is -0.481 e. The largest absolute Gasteiger partial charge is 0.481 e. The molecule has 0 saturated carbocycles. The monoisotopic (exact) mass is 292 g/mol. The summed E-state index contributed by atoms with van der Waals surface area (Å²) in [6, 6.07) is 0. The fourth-order valence-corrected chi connectivity index (χ4v) is 1.50. The molecule has 0 aromatic heterocycles. The molecule has 0 spiro atoms. The van der Waals surface area contributed by atoms with Crippen molar-refractivity contribution in [2.75, 3.05) is 13.2 Å². The number of carboxylic acid groups (broad SMARTS) is 2. The number of unbranched alkanes of at least 4 members (excludes halogenated alkanes) is 6. The summed E-state index contributed by atoms with van der Waals surface area (Å²) in [6.45, 7) is 0.255. The summed E-state index contributed by atoms with van der Waals surface area (Å²) in [5.74, 6) is -1.55. The molecule has 0 aliphatic heterocycles. The second-order valence-electron chi connectivity index (χ2n) is 4.56.